The third kappa shape index (κ3) is 5.76. The molecule has 13 nitrogen and oxygen atoms in total. The standard InChI is InChI=1S/C31H28FN13/c32-19-44-37-17-26(42-44)24-7-8-25-31(39-24)45(30(40-25)23-2-1-12-36-29(23)34)22-5-3-20(4-6-22)18-43-14-10-21(11-15-43)38-27-9-13-35-28(16-33)41-27/h1-9,12-13,17,21H,10-11,14-15,18-19H2,(H2,34,36)(H,35,38,41). The summed E-state index contributed by atoms with van der Waals surface area (Å²) in [7, 11) is 0. The average Bonchev–Trinajstić information content (AvgIpc) is 3.71. The number of fused-ring (bicyclic) bond motifs is 1. The molecule has 0 atom stereocenters. The second-order valence-electron chi connectivity index (χ2n) is 10.7. The Morgan fingerprint density at radius 1 is 0.956 bits per heavy atom. The molecule has 1 aromatic carbocycles. The second kappa shape index (κ2) is 12.1. The van der Waals surface area contributed by atoms with Crippen LogP contribution in [0.1, 0.15) is 24.2 Å². The van der Waals surface area contributed by atoms with Gasteiger partial charge in [-0.2, -0.15) is 15.2 Å². The lowest BCUT2D eigenvalue weighted by Gasteiger charge is -2.32. The first kappa shape index (κ1) is 28.0. The lowest BCUT2D eigenvalue weighted by molar-refractivity contribution is 0.211. The predicted octanol–water partition coefficient (Wildman–Crippen LogP) is 3.99. The number of halogens is 1. The van der Waals surface area contributed by atoms with E-state index in [4.69, 9.17) is 21.0 Å². The molecular weight excluding hydrogens is 573 g/mol. The zero-order valence-electron chi connectivity index (χ0n) is 24.1. The molecule has 6 heterocycles. The van der Waals surface area contributed by atoms with E-state index in [0.717, 1.165) is 43.0 Å². The van der Waals surface area contributed by atoms with E-state index in [-0.39, 0.29) is 11.9 Å². The Morgan fingerprint density at radius 2 is 1.80 bits per heavy atom. The van der Waals surface area contributed by atoms with Crippen molar-refractivity contribution in [1.29, 1.82) is 5.26 Å². The summed E-state index contributed by atoms with van der Waals surface area (Å²) in [5, 5.41) is 20.6. The Hall–Kier alpha value is -5.81. The van der Waals surface area contributed by atoms with E-state index in [0.29, 0.717) is 45.6 Å². The number of anilines is 2. The van der Waals surface area contributed by atoms with Gasteiger partial charge in [-0.05, 0) is 60.9 Å². The molecule has 14 heteroatoms. The van der Waals surface area contributed by atoms with Crippen LogP contribution in [0.4, 0.5) is 16.0 Å². The van der Waals surface area contributed by atoms with Crippen LogP contribution < -0.4 is 11.1 Å². The summed E-state index contributed by atoms with van der Waals surface area (Å²) in [6, 6.07) is 19.8. The molecular formula is C31H28FN13. The molecule has 7 rings (SSSR count). The van der Waals surface area contributed by atoms with Crippen LogP contribution in [-0.2, 0) is 13.3 Å². The summed E-state index contributed by atoms with van der Waals surface area (Å²) in [5.74, 6) is 1.82. The number of aromatic nitrogens is 9. The van der Waals surface area contributed by atoms with Gasteiger partial charge in [-0.25, -0.2) is 29.3 Å². The number of benzene rings is 1. The summed E-state index contributed by atoms with van der Waals surface area (Å²) in [6.45, 7) is 1.87. The van der Waals surface area contributed by atoms with E-state index in [1.54, 1.807) is 24.5 Å². The van der Waals surface area contributed by atoms with Crippen molar-refractivity contribution in [2.75, 3.05) is 24.1 Å². The highest BCUT2D eigenvalue weighted by atomic mass is 19.1. The van der Waals surface area contributed by atoms with Gasteiger partial charge in [0.25, 0.3) is 0 Å². The molecule has 0 amide bonds. The number of pyridine rings is 2. The molecule has 1 aliphatic heterocycles. The first-order valence-electron chi connectivity index (χ1n) is 14.5. The summed E-state index contributed by atoms with van der Waals surface area (Å²) in [6.07, 6.45) is 6.67. The number of imidazole rings is 1. The molecule has 6 aromatic rings. The highest BCUT2D eigenvalue weighted by Gasteiger charge is 2.21. The van der Waals surface area contributed by atoms with Crippen molar-refractivity contribution < 1.29 is 4.39 Å². The number of rotatable bonds is 8. The Kier molecular flexibility index (Phi) is 7.50. The van der Waals surface area contributed by atoms with E-state index >= 15 is 0 Å². The smallest absolute Gasteiger partial charge is 0.234 e. The van der Waals surface area contributed by atoms with Gasteiger partial charge in [0.1, 0.15) is 28.9 Å². The number of nitrogens with two attached hydrogens (primary N) is 1. The van der Waals surface area contributed by atoms with Crippen molar-refractivity contribution in [1.82, 2.24) is 49.4 Å². The Balaban J connectivity index is 1.13. The van der Waals surface area contributed by atoms with Crippen LogP contribution in [0.2, 0.25) is 0 Å². The van der Waals surface area contributed by atoms with Gasteiger partial charge in [0, 0.05) is 43.8 Å². The van der Waals surface area contributed by atoms with Crippen molar-refractivity contribution in [2.45, 2.75) is 32.2 Å². The normalized spacial score (nSPS) is 14.0. The van der Waals surface area contributed by atoms with Crippen molar-refractivity contribution in [2.24, 2.45) is 0 Å². The summed E-state index contributed by atoms with van der Waals surface area (Å²) < 4.78 is 15.0. The zero-order chi connectivity index (χ0) is 30.8. The molecule has 0 radical (unpaired) electrons. The third-order valence-electron chi connectivity index (χ3n) is 7.79. The van der Waals surface area contributed by atoms with E-state index in [1.165, 1.54) is 11.8 Å². The largest absolute Gasteiger partial charge is 0.383 e. The fourth-order valence-corrected chi connectivity index (χ4v) is 5.55. The Bertz CT molecular complexity index is 2000. The van der Waals surface area contributed by atoms with E-state index in [9.17, 15) is 4.39 Å². The maximum absolute atomic E-state index is 13.1. The lowest BCUT2D eigenvalue weighted by Crippen LogP contribution is -2.38. The zero-order valence-corrected chi connectivity index (χ0v) is 24.1. The number of nitriles is 1. The maximum atomic E-state index is 13.1. The van der Waals surface area contributed by atoms with Gasteiger partial charge in [-0.3, -0.25) is 9.47 Å². The molecule has 1 saturated heterocycles. The highest BCUT2D eigenvalue weighted by Crippen LogP contribution is 2.31. The van der Waals surface area contributed by atoms with Crippen molar-refractivity contribution in [3.8, 4) is 34.5 Å². The van der Waals surface area contributed by atoms with Crippen molar-refractivity contribution >= 4 is 22.8 Å². The van der Waals surface area contributed by atoms with Gasteiger partial charge in [0.05, 0.1) is 17.5 Å². The maximum Gasteiger partial charge on any atom is 0.234 e. The molecule has 224 valence electrons. The number of nitrogens with one attached hydrogen (secondary N) is 1. The minimum atomic E-state index is -0.820. The Labute approximate surface area is 257 Å². The van der Waals surface area contributed by atoms with Gasteiger partial charge < -0.3 is 11.1 Å². The lowest BCUT2D eigenvalue weighted by atomic mass is 10.0. The molecule has 0 saturated carbocycles. The molecule has 5 aromatic heterocycles. The number of nitrogens with zero attached hydrogens (tertiary/aromatic N) is 11. The fourth-order valence-electron chi connectivity index (χ4n) is 5.55. The monoisotopic (exact) mass is 601 g/mol. The molecule has 0 spiro atoms. The molecule has 1 fully saturated rings. The van der Waals surface area contributed by atoms with Crippen LogP contribution in [0.15, 0.2) is 73.2 Å². The van der Waals surface area contributed by atoms with Crippen LogP contribution in [0.3, 0.4) is 0 Å². The van der Waals surface area contributed by atoms with Gasteiger partial charge in [0.15, 0.2) is 11.5 Å². The van der Waals surface area contributed by atoms with E-state index < -0.39 is 6.80 Å². The minimum absolute atomic E-state index is 0.166. The van der Waals surface area contributed by atoms with Crippen molar-refractivity contribution in [3.05, 3.63) is 84.6 Å². The van der Waals surface area contributed by atoms with Crippen LogP contribution in [0.5, 0.6) is 0 Å². The van der Waals surface area contributed by atoms with Gasteiger partial charge in [0.2, 0.25) is 12.6 Å². The molecule has 1 aliphatic rings. The quantitative estimate of drug-likeness (QED) is 0.259. The fraction of sp³-hybridized carbons (Fsp3) is 0.226. The van der Waals surface area contributed by atoms with E-state index in [1.807, 2.05) is 28.8 Å². The second-order valence-corrected chi connectivity index (χ2v) is 10.7. The molecule has 3 N–H and O–H groups in total. The van der Waals surface area contributed by atoms with Crippen molar-refractivity contribution in [3.63, 3.8) is 0 Å². The van der Waals surface area contributed by atoms with E-state index in [2.05, 4.69) is 59.6 Å². The SMILES string of the molecule is N#Cc1nccc(NC2CCN(Cc3ccc(-n4c(-c5cccnc5N)nc5ccc(-c6cnn(CF)n6)nc54)cc3)CC2)n1. The number of alkyl halides is 1. The first-order chi connectivity index (χ1) is 22.1. The van der Waals surface area contributed by atoms with Gasteiger partial charge in [-0.15, -0.1) is 5.10 Å². The predicted molar refractivity (Wildman–Crippen MR) is 165 cm³/mol. The number of hydrogen-bond acceptors (Lipinski definition) is 11. The number of piperidine rings is 1. The first-order valence-corrected chi connectivity index (χ1v) is 14.5. The van der Waals surface area contributed by atoms with Gasteiger partial charge in [-0.1, -0.05) is 12.1 Å². The van der Waals surface area contributed by atoms with Crippen LogP contribution in [0, 0.1) is 11.3 Å². The van der Waals surface area contributed by atoms with Crippen LogP contribution in [-0.4, -0.2) is 68.5 Å². The molecule has 0 aliphatic carbocycles. The summed E-state index contributed by atoms with van der Waals surface area (Å²) in [5.41, 5.74) is 11.3. The third-order valence-corrected chi connectivity index (χ3v) is 7.79. The Morgan fingerprint density at radius 3 is 2.56 bits per heavy atom. The topological polar surface area (TPSA) is 165 Å². The molecule has 0 unspecified atom stereocenters. The summed E-state index contributed by atoms with van der Waals surface area (Å²) >= 11 is 0. The number of likely N-dealkylation sites (tertiary alicyclic amines) is 1. The van der Waals surface area contributed by atoms with Gasteiger partial charge >= 0.3 is 0 Å². The van der Waals surface area contributed by atoms with Crippen LogP contribution in [0.25, 0.3) is 39.6 Å². The number of nitrogen functional groups attached to an aromatic ring is 1. The molecule has 45 heavy (non-hydrogen) atoms. The highest BCUT2D eigenvalue weighted by molar-refractivity contribution is 5.84. The number of hydrogen-bond donors (Lipinski definition) is 2. The van der Waals surface area contributed by atoms with Crippen LogP contribution >= 0.6 is 0 Å². The molecule has 0 bridgehead atoms. The summed E-state index contributed by atoms with van der Waals surface area (Å²) in [4.78, 5) is 25.6. The minimum Gasteiger partial charge on any atom is -0.383 e. The average molecular weight is 602 g/mol.